The average Bonchev–Trinajstić information content (AvgIpc) is 2.45. The molecule has 20 heavy (non-hydrogen) atoms. The Balaban J connectivity index is 2.11. The van der Waals surface area contributed by atoms with E-state index >= 15 is 0 Å². The summed E-state index contributed by atoms with van der Waals surface area (Å²) in [4.78, 5) is 26.8. The molecule has 2 rings (SSSR count). The molecule has 0 spiro atoms. The van der Waals surface area contributed by atoms with E-state index in [0.717, 1.165) is 10.0 Å². The quantitative estimate of drug-likeness (QED) is 0.900. The molecular weight excluding hydrogens is 324 g/mol. The Morgan fingerprint density at radius 1 is 1.25 bits per heavy atom. The molecule has 1 heterocycles. The van der Waals surface area contributed by atoms with E-state index in [2.05, 4.69) is 26.2 Å². The van der Waals surface area contributed by atoms with Crippen LogP contribution in [-0.4, -0.2) is 22.0 Å². The molecule has 2 aromatic rings. The maximum Gasteiger partial charge on any atom is 0.338 e. The number of carboxylic acids is 1. The lowest BCUT2D eigenvalue weighted by Crippen LogP contribution is -2.26. The standard InChI is InChI=1S/C14H11BrN2O3/c15-10-4-1-3-9(7-10)8-17-13(18)12-11(14(19)20)5-2-6-16-12/h1-7H,8H2,(H,17,18)(H,19,20). The Bertz CT molecular complexity index is 658. The normalized spacial score (nSPS) is 10.1. The lowest BCUT2D eigenvalue weighted by Gasteiger charge is -2.07. The lowest BCUT2D eigenvalue weighted by atomic mass is 10.1. The molecule has 0 saturated heterocycles. The Labute approximate surface area is 123 Å². The third kappa shape index (κ3) is 3.42. The molecule has 102 valence electrons. The molecule has 0 aliphatic rings. The summed E-state index contributed by atoms with van der Waals surface area (Å²) in [7, 11) is 0. The van der Waals surface area contributed by atoms with Crippen molar-refractivity contribution in [3.63, 3.8) is 0 Å². The fraction of sp³-hybridized carbons (Fsp3) is 0.0714. The number of halogens is 1. The minimum Gasteiger partial charge on any atom is -0.478 e. The van der Waals surface area contributed by atoms with E-state index in [4.69, 9.17) is 5.11 Å². The van der Waals surface area contributed by atoms with Gasteiger partial charge in [0.25, 0.3) is 5.91 Å². The highest BCUT2D eigenvalue weighted by Gasteiger charge is 2.17. The first kappa shape index (κ1) is 14.2. The Kier molecular flexibility index (Phi) is 4.47. The van der Waals surface area contributed by atoms with Crippen LogP contribution in [0.3, 0.4) is 0 Å². The molecule has 0 unspecified atom stereocenters. The number of pyridine rings is 1. The average molecular weight is 335 g/mol. The summed E-state index contributed by atoms with van der Waals surface area (Å²) >= 11 is 3.34. The van der Waals surface area contributed by atoms with Crippen molar-refractivity contribution in [2.45, 2.75) is 6.54 Å². The Morgan fingerprint density at radius 3 is 2.75 bits per heavy atom. The van der Waals surface area contributed by atoms with Gasteiger partial charge < -0.3 is 10.4 Å². The maximum atomic E-state index is 12.0. The third-order valence-corrected chi connectivity index (χ3v) is 3.09. The number of nitrogens with one attached hydrogen (secondary N) is 1. The van der Waals surface area contributed by atoms with E-state index in [-0.39, 0.29) is 11.3 Å². The molecule has 0 fully saturated rings. The highest BCUT2D eigenvalue weighted by Crippen LogP contribution is 2.12. The van der Waals surface area contributed by atoms with Gasteiger partial charge in [-0.2, -0.15) is 0 Å². The van der Waals surface area contributed by atoms with Crippen LogP contribution in [0.25, 0.3) is 0 Å². The minimum atomic E-state index is -1.18. The van der Waals surface area contributed by atoms with Crippen LogP contribution in [0.1, 0.15) is 26.4 Å². The zero-order valence-corrected chi connectivity index (χ0v) is 11.9. The van der Waals surface area contributed by atoms with Gasteiger partial charge in [-0.25, -0.2) is 4.79 Å². The Morgan fingerprint density at radius 2 is 2.05 bits per heavy atom. The number of hydrogen-bond donors (Lipinski definition) is 2. The van der Waals surface area contributed by atoms with Crippen LogP contribution in [0.5, 0.6) is 0 Å². The minimum absolute atomic E-state index is 0.0880. The second-order valence-corrected chi connectivity index (χ2v) is 4.93. The largest absolute Gasteiger partial charge is 0.478 e. The summed E-state index contributed by atoms with van der Waals surface area (Å²) in [5, 5.41) is 11.7. The zero-order chi connectivity index (χ0) is 14.5. The summed E-state index contributed by atoms with van der Waals surface area (Å²) in [6.45, 7) is 0.300. The van der Waals surface area contributed by atoms with Crippen molar-refractivity contribution in [3.05, 3.63) is 63.9 Å². The van der Waals surface area contributed by atoms with Gasteiger partial charge in [-0.05, 0) is 29.8 Å². The summed E-state index contributed by atoms with van der Waals surface area (Å²) in [5.41, 5.74) is 0.703. The molecule has 0 radical (unpaired) electrons. The van der Waals surface area contributed by atoms with Gasteiger partial charge >= 0.3 is 5.97 Å². The number of nitrogens with zero attached hydrogens (tertiary/aromatic N) is 1. The summed E-state index contributed by atoms with van der Waals surface area (Å²) in [6, 6.07) is 10.3. The van der Waals surface area contributed by atoms with Crippen molar-refractivity contribution in [2.24, 2.45) is 0 Å². The second-order valence-electron chi connectivity index (χ2n) is 4.02. The van der Waals surface area contributed by atoms with Crippen LogP contribution < -0.4 is 5.32 Å². The second kappa shape index (κ2) is 6.29. The predicted octanol–water partition coefficient (Wildman–Crippen LogP) is 2.47. The number of amides is 1. The van der Waals surface area contributed by atoms with Gasteiger partial charge in [0.1, 0.15) is 5.69 Å². The number of carbonyl (C=O) groups is 2. The number of carbonyl (C=O) groups excluding carboxylic acids is 1. The molecule has 0 saturated carbocycles. The van der Waals surface area contributed by atoms with Crippen LogP contribution >= 0.6 is 15.9 Å². The van der Waals surface area contributed by atoms with E-state index in [0.29, 0.717) is 6.54 Å². The van der Waals surface area contributed by atoms with Crippen molar-refractivity contribution in [3.8, 4) is 0 Å². The van der Waals surface area contributed by atoms with E-state index in [1.807, 2.05) is 24.3 Å². The van der Waals surface area contributed by atoms with Gasteiger partial charge in [0.05, 0.1) is 5.56 Å². The number of benzene rings is 1. The van der Waals surface area contributed by atoms with Crippen LogP contribution in [0, 0.1) is 0 Å². The SMILES string of the molecule is O=C(O)c1cccnc1C(=O)NCc1cccc(Br)c1. The fourth-order valence-electron chi connectivity index (χ4n) is 1.67. The molecule has 0 aliphatic carbocycles. The smallest absolute Gasteiger partial charge is 0.338 e. The summed E-state index contributed by atoms with van der Waals surface area (Å²) in [5.74, 6) is -1.69. The predicted molar refractivity (Wildman–Crippen MR) is 76.5 cm³/mol. The number of hydrogen-bond acceptors (Lipinski definition) is 3. The van der Waals surface area contributed by atoms with Crippen molar-refractivity contribution in [1.82, 2.24) is 10.3 Å². The van der Waals surface area contributed by atoms with Crippen molar-refractivity contribution in [2.75, 3.05) is 0 Å². The molecule has 0 atom stereocenters. The van der Waals surface area contributed by atoms with E-state index < -0.39 is 11.9 Å². The highest BCUT2D eigenvalue weighted by atomic mass is 79.9. The first-order valence-electron chi connectivity index (χ1n) is 5.79. The van der Waals surface area contributed by atoms with E-state index in [1.165, 1.54) is 18.3 Å². The molecule has 2 N–H and O–H groups in total. The summed E-state index contributed by atoms with van der Waals surface area (Å²) < 4.78 is 0.910. The first-order valence-corrected chi connectivity index (χ1v) is 6.58. The molecule has 0 aliphatic heterocycles. The van der Waals surface area contributed by atoms with Gasteiger partial charge in [-0.15, -0.1) is 0 Å². The number of aromatic nitrogens is 1. The Hall–Kier alpha value is -2.21. The molecular formula is C14H11BrN2O3. The maximum absolute atomic E-state index is 12.0. The van der Waals surface area contributed by atoms with Crippen molar-refractivity contribution >= 4 is 27.8 Å². The van der Waals surface area contributed by atoms with Crippen LogP contribution in [0.4, 0.5) is 0 Å². The fourth-order valence-corrected chi connectivity index (χ4v) is 2.12. The monoisotopic (exact) mass is 334 g/mol. The topological polar surface area (TPSA) is 79.3 Å². The van der Waals surface area contributed by atoms with Crippen LogP contribution in [0.2, 0.25) is 0 Å². The molecule has 5 nitrogen and oxygen atoms in total. The van der Waals surface area contributed by atoms with Crippen molar-refractivity contribution < 1.29 is 14.7 Å². The van der Waals surface area contributed by atoms with Gasteiger partial charge in [0.15, 0.2) is 0 Å². The van der Waals surface area contributed by atoms with Crippen LogP contribution in [0.15, 0.2) is 47.1 Å². The highest BCUT2D eigenvalue weighted by molar-refractivity contribution is 9.10. The van der Waals surface area contributed by atoms with Crippen LogP contribution in [-0.2, 0) is 6.54 Å². The first-order chi connectivity index (χ1) is 9.58. The number of aromatic carboxylic acids is 1. The number of carboxylic acid groups (broad SMARTS) is 1. The third-order valence-electron chi connectivity index (χ3n) is 2.60. The van der Waals surface area contributed by atoms with Gasteiger partial charge in [0.2, 0.25) is 0 Å². The number of rotatable bonds is 4. The van der Waals surface area contributed by atoms with Gasteiger partial charge in [-0.3, -0.25) is 9.78 Å². The van der Waals surface area contributed by atoms with E-state index in [1.54, 1.807) is 0 Å². The zero-order valence-electron chi connectivity index (χ0n) is 10.3. The molecule has 1 aromatic heterocycles. The molecule has 0 bridgehead atoms. The van der Waals surface area contributed by atoms with Gasteiger partial charge in [-0.1, -0.05) is 28.1 Å². The van der Waals surface area contributed by atoms with E-state index in [9.17, 15) is 9.59 Å². The molecule has 1 amide bonds. The van der Waals surface area contributed by atoms with Crippen molar-refractivity contribution in [1.29, 1.82) is 0 Å². The summed E-state index contributed by atoms with van der Waals surface area (Å²) in [6.07, 6.45) is 1.39. The lowest BCUT2D eigenvalue weighted by molar-refractivity contribution is 0.0690. The molecule has 1 aromatic carbocycles. The van der Waals surface area contributed by atoms with Gasteiger partial charge in [0, 0.05) is 17.2 Å². The molecule has 6 heteroatoms.